The fourth-order valence-electron chi connectivity index (χ4n) is 7.01. The van der Waals surface area contributed by atoms with Crippen LogP contribution in [0.3, 0.4) is 0 Å². The molecule has 8 aromatic carbocycles. The van der Waals surface area contributed by atoms with Crippen LogP contribution in [-0.4, -0.2) is 15.0 Å². The molecule has 10 rings (SSSR count). The van der Waals surface area contributed by atoms with Gasteiger partial charge in [0.05, 0.1) is 0 Å². The fraction of sp³-hybridized carbons (Fsp3) is 0. The molecule has 0 aliphatic heterocycles. The molecule has 0 atom stereocenters. The standard InChI is InChI=1S/C45H27N3O/c1-2-10-28(11-3-1)33-22-23-38-40(27-33)49-42-37-17-9-8-16-34(37)26-39(41(38)42)45-47-43(35-20-18-29-12-4-6-14-31(29)24-35)46-44(48-45)36-21-19-30-13-5-7-15-32(30)25-36/h1-27H. The first kappa shape index (κ1) is 27.5. The third-order valence-corrected chi connectivity index (χ3v) is 9.46. The summed E-state index contributed by atoms with van der Waals surface area (Å²) in [5, 5.41) is 8.75. The van der Waals surface area contributed by atoms with Gasteiger partial charge in [-0.3, -0.25) is 0 Å². The largest absolute Gasteiger partial charge is 0.455 e. The molecular weight excluding hydrogens is 599 g/mol. The minimum absolute atomic E-state index is 0.604. The van der Waals surface area contributed by atoms with Crippen LogP contribution in [0.25, 0.3) is 99.5 Å². The lowest BCUT2D eigenvalue weighted by Crippen LogP contribution is -2.00. The Balaban J connectivity index is 1.26. The maximum atomic E-state index is 6.74. The van der Waals surface area contributed by atoms with Gasteiger partial charge in [-0.2, -0.15) is 0 Å². The van der Waals surface area contributed by atoms with Crippen molar-refractivity contribution in [2.24, 2.45) is 0 Å². The van der Waals surface area contributed by atoms with Gasteiger partial charge in [-0.15, -0.1) is 0 Å². The van der Waals surface area contributed by atoms with Crippen LogP contribution >= 0.6 is 0 Å². The van der Waals surface area contributed by atoms with E-state index in [-0.39, 0.29) is 0 Å². The minimum Gasteiger partial charge on any atom is -0.455 e. The smallest absolute Gasteiger partial charge is 0.164 e. The summed E-state index contributed by atoms with van der Waals surface area (Å²) in [4.78, 5) is 15.5. The summed E-state index contributed by atoms with van der Waals surface area (Å²) in [6.07, 6.45) is 0. The molecule has 10 aromatic rings. The molecular formula is C45H27N3O. The molecule has 0 N–H and O–H groups in total. The molecule has 0 spiro atoms. The second kappa shape index (κ2) is 11.0. The maximum absolute atomic E-state index is 6.74. The van der Waals surface area contributed by atoms with Crippen molar-refractivity contribution < 1.29 is 4.42 Å². The predicted octanol–water partition coefficient (Wildman–Crippen LogP) is 11.9. The van der Waals surface area contributed by atoms with Gasteiger partial charge in [0.15, 0.2) is 17.5 Å². The van der Waals surface area contributed by atoms with Crippen LogP contribution in [0.1, 0.15) is 0 Å². The highest BCUT2D eigenvalue weighted by atomic mass is 16.3. The number of hydrogen-bond donors (Lipinski definition) is 0. The van der Waals surface area contributed by atoms with Gasteiger partial charge < -0.3 is 4.42 Å². The molecule has 0 saturated carbocycles. The van der Waals surface area contributed by atoms with E-state index in [9.17, 15) is 0 Å². The van der Waals surface area contributed by atoms with Crippen LogP contribution < -0.4 is 0 Å². The summed E-state index contributed by atoms with van der Waals surface area (Å²) < 4.78 is 6.74. The van der Waals surface area contributed by atoms with E-state index < -0.39 is 0 Å². The summed E-state index contributed by atoms with van der Waals surface area (Å²) >= 11 is 0. The van der Waals surface area contributed by atoms with E-state index in [0.29, 0.717) is 17.5 Å². The highest BCUT2D eigenvalue weighted by molar-refractivity contribution is 6.21. The Kier molecular flexibility index (Phi) is 6.15. The molecule has 49 heavy (non-hydrogen) atoms. The van der Waals surface area contributed by atoms with E-state index in [0.717, 1.165) is 71.3 Å². The van der Waals surface area contributed by atoms with Gasteiger partial charge in [-0.05, 0) is 68.4 Å². The summed E-state index contributed by atoms with van der Waals surface area (Å²) in [6.45, 7) is 0. The van der Waals surface area contributed by atoms with Crippen molar-refractivity contribution in [2.45, 2.75) is 0 Å². The predicted molar refractivity (Wildman–Crippen MR) is 201 cm³/mol. The van der Waals surface area contributed by atoms with Crippen LogP contribution in [0.2, 0.25) is 0 Å². The molecule has 0 aliphatic carbocycles. The van der Waals surface area contributed by atoms with Crippen LogP contribution in [0, 0.1) is 0 Å². The summed E-state index contributed by atoms with van der Waals surface area (Å²) in [5.41, 5.74) is 6.69. The van der Waals surface area contributed by atoms with Crippen LogP contribution in [0.15, 0.2) is 168 Å². The van der Waals surface area contributed by atoms with Crippen molar-refractivity contribution in [1.82, 2.24) is 15.0 Å². The van der Waals surface area contributed by atoms with Crippen molar-refractivity contribution in [1.29, 1.82) is 0 Å². The minimum atomic E-state index is 0.604. The summed E-state index contributed by atoms with van der Waals surface area (Å²) in [6, 6.07) is 56.9. The molecule has 0 unspecified atom stereocenters. The lowest BCUT2D eigenvalue weighted by atomic mass is 9.98. The molecule has 4 heteroatoms. The number of nitrogens with zero attached hydrogens (tertiary/aromatic N) is 3. The Morgan fingerprint density at radius 2 is 0.898 bits per heavy atom. The zero-order valence-electron chi connectivity index (χ0n) is 26.3. The zero-order chi connectivity index (χ0) is 32.3. The molecule has 0 amide bonds. The molecule has 4 nitrogen and oxygen atoms in total. The number of furan rings is 1. The maximum Gasteiger partial charge on any atom is 0.164 e. The summed E-state index contributed by atoms with van der Waals surface area (Å²) in [5.74, 6) is 1.85. The molecule has 0 radical (unpaired) electrons. The van der Waals surface area contributed by atoms with Crippen molar-refractivity contribution in [2.75, 3.05) is 0 Å². The summed E-state index contributed by atoms with van der Waals surface area (Å²) in [7, 11) is 0. The SMILES string of the molecule is c1ccc(-c2ccc3c(c2)oc2c4ccccc4cc(-c4nc(-c5ccc6ccccc6c5)nc(-c5ccc6ccccc6c5)n4)c32)cc1. The lowest BCUT2D eigenvalue weighted by Gasteiger charge is -2.11. The number of fused-ring (bicyclic) bond motifs is 7. The van der Waals surface area contributed by atoms with Crippen molar-refractivity contribution >= 4 is 54.3 Å². The first-order valence-electron chi connectivity index (χ1n) is 16.4. The third kappa shape index (κ3) is 4.65. The third-order valence-electron chi connectivity index (χ3n) is 9.46. The highest BCUT2D eigenvalue weighted by Crippen LogP contribution is 2.42. The zero-order valence-corrected chi connectivity index (χ0v) is 26.3. The van der Waals surface area contributed by atoms with E-state index in [1.54, 1.807) is 0 Å². The normalized spacial score (nSPS) is 11.7. The molecule has 0 aliphatic rings. The van der Waals surface area contributed by atoms with Crippen LogP contribution in [0.5, 0.6) is 0 Å². The van der Waals surface area contributed by atoms with E-state index >= 15 is 0 Å². The lowest BCUT2D eigenvalue weighted by molar-refractivity contribution is 0.673. The van der Waals surface area contributed by atoms with Gasteiger partial charge in [0, 0.05) is 32.8 Å². The average Bonchev–Trinajstić information content (AvgIpc) is 3.57. The molecule has 0 bridgehead atoms. The van der Waals surface area contributed by atoms with Crippen molar-refractivity contribution in [3.8, 4) is 45.3 Å². The van der Waals surface area contributed by atoms with Gasteiger partial charge in [-0.1, -0.05) is 133 Å². The van der Waals surface area contributed by atoms with Crippen molar-refractivity contribution in [3.63, 3.8) is 0 Å². The fourth-order valence-corrected chi connectivity index (χ4v) is 7.01. The average molecular weight is 626 g/mol. The first-order chi connectivity index (χ1) is 24.2. The molecule has 2 heterocycles. The van der Waals surface area contributed by atoms with Gasteiger partial charge in [-0.25, -0.2) is 15.0 Å². The van der Waals surface area contributed by atoms with Crippen LogP contribution in [0.4, 0.5) is 0 Å². The van der Waals surface area contributed by atoms with E-state index in [2.05, 4.69) is 158 Å². The topological polar surface area (TPSA) is 51.8 Å². The number of rotatable bonds is 4. The van der Waals surface area contributed by atoms with Gasteiger partial charge >= 0.3 is 0 Å². The molecule has 0 saturated heterocycles. The second-order valence-electron chi connectivity index (χ2n) is 12.5. The Morgan fingerprint density at radius 1 is 0.347 bits per heavy atom. The number of hydrogen-bond acceptors (Lipinski definition) is 4. The van der Waals surface area contributed by atoms with E-state index in [1.807, 2.05) is 6.07 Å². The quantitative estimate of drug-likeness (QED) is 0.195. The van der Waals surface area contributed by atoms with E-state index in [1.165, 1.54) is 10.8 Å². The van der Waals surface area contributed by atoms with Gasteiger partial charge in [0.2, 0.25) is 0 Å². The molecule has 2 aromatic heterocycles. The van der Waals surface area contributed by atoms with Gasteiger partial charge in [0.25, 0.3) is 0 Å². The highest BCUT2D eigenvalue weighted by Gasteiger charge is 2.21. The van der Waals surface area contributed by atoms with Gasteiger partial charge in [0.1, 0.15) is 11.2 Å². The Bertz CT molecular complexity index is 2790. The number of benzene rings is 8. The Hall–Kier alpha value is -6.65. The number of aromatic nitrogens is 3. The van der Waals surface area contributed by atoms with Crippen molar-refractivity contribution in [3.05, 3.63) is 164 Å². The molecule has 0 fully saturated rings. The Labute approximate surface area is 282 Å². The molecule has 228 valence electrons. The monoisotopic (exact) mass is 625 g/mol. The van der Waals surface area contributed by atoms with E-state index in [4.69, 9.17) is 19.4 Å². The van der Waals surface area contributed by atoms with Crippen LogP contribution in [-0.2, 0) is 0 Å². The first-order valence-corrected chi connectivity index (χ1v) is 16.4. The Morgan fingerprint density at radius 3 is 1.57 bits per heavy atom. The second-order valence-corrected chi connectivity index (χ2v) is 12.5.